The van der Waals surface area contributed by atoms with Crippen molar-refractivity contribution in [2.45, 2.75) is 61.0 Å². The first-order valence-electron chi connectivity index (χ1n) is 7.71. The van der Waals surface area contributed by atoms with Gasteiger partial charge in [-0.25, -0.2) is 33.7 Å². The third-order valence-electron chi connectivity index (χ3n) is 3.53. The molecule has 0 bridgehead atoms. The lowest BCUT2D eigenvalue weighted by Crippen LogP contribution is -2.48. The Morgan fingerprint density at radius 3 is 1.27 bits per heavy atom. The van der Waals surface area contributed by atoms with Crippen molar-refractivity contribution in [1.82, 2.24) is 8.25 Å². The first-order valence-corrected chi connectivity index (χ1v) is 13.8. The smallest absolute Gasteiger partial charge is 0.211 e. The van der Waals surface area contributed by atoms with Gasteiger partial charge in [0.25, 0.3) is 0 Å². The van der Waals surface area contributed by atoms with E-state index in [0.29, 0.717) is 8.25 Å². The topological polar surface area (TPSA) is 161 Å². The summed E-state index contributed by atoms with van der Waals surface area (Å²) >= 11 is 0. The van der Waals surface area contributed by atoms with Gasteiger partial charge in [0.2, 0.25) is 20.0 Å². The van der Waals surface area contributed by atoms with Crippen molar-refractivity contribution in [2.75, 3.05) is 0 Å². The summed E-state index contributed by atoms with van der Waals surface area (Å²) in [5.74, 6) is 0. The lowest BCUT2D eigenvalue weighted by atomic mass is 10.1. The molecule has 0 heterocycles. The van der Waals surface area contributed by atoms with Crippen LogP contribution in [0.3, 0.4) is 0 Å². The molecule has 0 aromatic rings. The average molecular weight is 537 g/mol. The molecule has 20 heteroatoms. The summed E-state index contributed by atoms with van der Waals surface area (Å²) in [5, 5.41) is -4.24. The highest BCUT2D eigenvalue weighted by Gasteiger charge is 2.51. The summed E-state index contributed by atoms with van der Waals surface area (Å²) in [6, 6.07) is 0. The summed E-state index contributed by atoms with van der Waals surface area (Å²) in [4.78, 5) is 0. The molecule has 0 saturated heterocycles. The molecule has 0 aromatic carbocycles. The molecule has 0 rings (SSSR count). The minimum atomic E-state index is -6.39. The van der Waals surface area contributed by atoms with Crippen LogP contribution in [0.15, 0.2) is 0 Å². The lowest BCUT2D eigenvalue weighted by molar-refractivity contribution is -0.0447. The first kappa shape index (κ1) is 29.3. The van der Waals surface area contributed by atoms with Crippen LogP contribution in [-0.2, 0) is 40.1 Å². The van der Waals surface area contributed by atoms with Crippen molar-refractivity contribution in [3.8, 4) is 0 Å². The van der Waals surface area contributed by atoms with E-state index in [1.165, 1.54) is 6.92 Å². The van der Waals surface area contributed by atoms with Crippen LogP contribution in [0.5, 0.6) is 0 Å². The third-order valence-corrected chi connectivity index (χ3v) is 11.1. The molecule has 2 N–H and O–H groups in total. The van der Waals surface area contributed by atoms with Gasteiger partial charge >= 0.3 is 31.1 Å². The molecule has 10 nitrogen and oxygen atoms in total. The molecule has 0 aliphatic rings. The molecule has 0 amide bonds. The number of rotatable bonds is 11. The molecule has 182 valence electrons. The molecule has 30 heavy (non-hydrogen) atoms. The van der Waals surface area contributed by atoms with Gasteiger partial charge in [-0.15, -0.1) is 8.25 Å². The van der Waals surface area contributed by atoms with Gasteiger partial charge in [-0.05, 0) is 19.3 Å². The van der Waals surface area contributed by atoms with Crippen molar-refractivity contribution in [2.24, 2.45) is 0 Å². The Bertz CT molecular complexity index is 1020. The Balaban J connectivity index is 5.99. The summed E-state index contributed by atoms with van der Waals surface area (Å²) in [7, 11) is -23.5. The normalized spacial score (nSPS) is 16.9. The fourth-order valence-electron chi connectivity index (χ4n) is 2.06. The van der Waals surface area contributed by atoms with E-state index in [1.54, 1.807) is 0 Å². The van der Waals surface area contributed by atoms with Gasteiger partial charge in [0.1, 0.15) is 0 Å². The molecule has 2 atom stereocenters. The summed E-state index contributed by atoms with van der Waals surface area (Å²) in [6.45, 7) is 2.34. The predicted octanol–water partition coefficient (Wildman–Crippen LogP) is 0.862. The number of hydrogen-bond acceptors (Lipinski definition) is 8. The SMILES string of the molecule is CCCC(CC(CC)S(=O)(=O)NS(=O)(=O)C(F)(F)F)S(=O)(=O)NS(=O)(=O)C(F)(F)F. The maximum absolute atomic E-state index is 12.4. The zero-order valence-electron chi connectivity index (χ0n) is 15.1. The van der Waals surface area contributed by atoms with E-state index >= 15 is 0 Å². The summed E-state index contributed by atoms with van der Waals surface area (Å²) < 4.78 is 168. The summed E-state index contributed by atoms with van der Waals surface area (Å²) in [6.07, 6.45) is -2.52. The van der Waals surface area contributed by atoms with Crippen LogP contribution in [0, 0.1) is 0 Å². The molecule has 0 fully saturated rings. The lowest BCUT2D eigenvalue weighted by Gasteiger charge is -2.23. The largest absolute Gasteiger partial charge is 0.512 e. The van der Waals surface area contributed by atoms with Crippen LogP contribution in [-0.4, -0.2) is 55.2 Å². The van der Waals surface area contributed by atoms with E-state index in [0.717, 1.165) is 6.92 Å². The minimum absolute atomic E-state index is 0.109. The zero-order valence-corrected chi connectivity index (χ0v) is 18.4. The Hall–Kier alpha value is -0.700. The molecular formula is C10H18F6N2O8S4. The van der Waals surface area contributed by atoms with Crippen molar-refractivity contribution >= 4 is 40.1 Å². The third kappa shape index (κ3) is 7.46. The molecule has 0 spiro atoms. The molecule has 0 radical (unpaired) electrons. The fourth-order valence-corrected chi connectivity index (χ4v) is 8.43. The van der Waals surface area contributed by atoms with E-state index in [4.69, 9.17) is 0 Å². The molecular weight excluding hydrogens is 518 g/mol. The van der Waals surface area contributed by atoms with Gasteiger partial charge in [0, 0.05) is 0 Å². The van der Waals surface area contributed by atoms with E-state index in [9.17, 15) is 60.0 Å². The van der Waals surface area contributed by atoms with Gasteiger partial charge in [0.15, 0.2) is 0 Å². The first-order chi connectivity index (χ1) is 13.0. The molecule has 0 aliphatic carbocycles. The number of sulfonamides is 4. The Labute approximate surface area is 169 Å². The number of hydrogen-bond donors (Lipinski definition) is 2. The molecule has 0 aromatic heterocycles. The highest BCUT2D eigenvalue weighted by Crippen LogP contribution is 2.27. The maximum Gasteiger partial charge on any atom is 0.512 e. The van der Waals surface area contributed by atoms with Gasteiger partial charge < -0.3 is 0 Å². The van der Waals surface area contributed by atoms with E-state index in [-0.39, 0.29) is 6.42 Å². The van der Waals surface area contributed by atoms with Gasteiger partial charge in [0.05, 0.1) is 10.5 Å². The van der Waals surface area contributed by atoms with E-state index in [1.807, 2.05) is 0 Å². The number of halogens is 6. The highest BCUT2D eigenvalue weighted by atomic mass is 32.3. The van der Waals surface area contributed by atoms with Crippen LogP contribution in [0.1, 0.15) is 39.5 Å². The van der Waals surface area contributed by atoms with Crippen LogP contribution < -0.4 is 8.25 Å². The second-order valence-electron chi connectivity index (χ2n) is 5.83. The van der Waals surface area contributed by atoms with Crippen molar-refractivity contribution in [3.05, 3.63) is 0 Å². The second-order valence-corrected chi connectivity index (χ2v) is 13.6. The second kappa shape index (κ2) is 9.43. The van der Waals surface area contributed by atoms with Gasteiger partial charge in [-0.2, -0.15) is 26.3 Å². The van der Waals surface area contributed by atoms with E-state index in [2.05, 4.69) is 0 Å². The molecule has 0 saturated carbocycles. The Kier molecular flexibility index (Phi) is 9.21. The quantitative estimate of drug-likeness (QED) is 0.368. The molecule has 0 aliphatic heterocycles. The average Bonchev–Trinajstić information content (AvgIpc) is 2.46. The van der Waals surface area contributed by atoms with E-state index < -0.39 is 80.9 Å². The monoisotopic (exact) mass is 536 g/mol. The van der Waals surface area contributed by atoms with Gasteiger partial charge in [-0.1, -0.05) is 20.3 Å². The van der Waals surface area contributed by atoms with Crippen LogP contribution >= 0.6 is 0 Å². The number of nitrogens with one attached hydrogen (secondary N) is 2. The van der Waals surface area contributed by atoms with Crippen LogP contribution in [0.25, 0.3) is 0 Å². The fraction of sp³-hybridized carbons (Fsp3) is 1.00. The number of alkyl halides is 6. The Morgan fingerprint density at radius 2 is 1.00 bits per heavy atom. The van der Waals surface area contributed by atoms with Crippen molar-refractivity contribution < 1.29 is 60.0 Å². The summed E-state index contributed by atoms with van der Waals surface area (Å²) in [5.41, 5.74) is -12.0. The zero-order chi connectivity index (χ0) is 24.4. The standard InChI is InChI=1S/C10H18F6N2O8S4/c1-3-5-8(28(21,22)18-30(25,26)10(14,15)16)6-7(4-2)27(19,20)17-29(23,24)9(11,12)13/h7-8,17-18H,3-6H2,1-2H3. The van der Waals surface area contributed by atoms with Crippen LogP contribution in [0.2, 0.25) is 0 Å². The Morgan fingerprint density at radius 1 is 0.667 bits per heavy atom. The van der Waals surface area contributed by atoms with Crippen molar-refractivity contribution in [3.63, 3.8) is 0 Å². The van der Waals surface area contributed by atoms with Crippen LogP contribution in [0.4, 0.5) is 26.3 Å². The highest BCUT2D eigenvalue weighted by molar-refractivity contribution is 8.06. The molecule has 2 unspecified atom stereocenters. The van der Waals surface area contributed by atoms with Gasteiger partial charge in [-0.3, -0.25) is 0 Å². The minimum Gasteiger partial charge on any atom is -0.211 e. The van der Waals surface area contributed by atoms with Crippen molar-refractivity contribution in [1.29, 1.82) is 0 Å². The maximum atomic E-state index is 12.4. The predicted molar refractivity (Wildman–Crippen MR) is 91.5 cm³/mol.